The zero-order valence-corrected chi connectivity index (χ0v) is 20.2. The van der Waals surface area contributed by atoms with E-state index in [1.54, 1.807) is 43.6 Å². The van der Waals surface area contributed by atoms with E-state index in [-0.39, 0.29) is 5.91 Å². The van der Waals surface area contributed by atoms with Gasteiger partial charge >= 0.3 is 0 Å². The maximum Gasteiger partial charge on any atom is 0.244 e. The fraction of sp³-hybridized carbons (Fsp3) is 0.391. The minimum atomic E-state index is -0.411. The fourth-order valence-electron chi connectivity index (χ4n) is 3.94. The molecule has 1 saturated heterocycles. The Hall–Kier alpha value is -3.37. The van der Waals surface area contributed by atoms with Crippen molar-refractivity contribution in [3.05, 3.63) is 53.7 Å². The van der Waals surface area contributed by atoms with E-state index in [1.165, 1.54) is 0 Å². The van der Waals surface area contributed by atoms with Gasteiger partial charge in [-0.1, -0.05) is 17.7 Å². The van der Waals surface area contributed by atoms with E-state index in [2.05, 4.69) is 25.2 Å². The quantitative estimate of drug-likeness (QED) is 0.482. The Morgan fingerprint density at radius 1 is 1.18 bits per heavy atom. The zero-order valence-electron chi connectivity index (χ0n) is 19.4. The van der Waals surface area contributed by atoms with E-state index in [4.69, 9.17) is 21.1 Å². The van der Waals surface area contributed by atoms with Crippen LogP contribution in [0.15, 0.2) is 43.0 Å². The topological polar surface area (TPSA) is 97.6 Å². The lowest BCUT2D eigenvalue weighted by Crippen LogP contribution is -2.58. The van der Waals surface area contributed by atoms with Gasteiger partial charge < -0.3 is 24.6 Å². The van der Waals surface area contributed by atoms with Gasteiger partial charge in [-0.2, -0.15) is 4.98 Å². The molecular weight excluding hydrogens is 458 g/mol. The van der Waals surface area contributed by atoms with Gasteiger partial charge in [0.25, 0.3) is 0 Å². The summed E-state index contributed by atoms with van der Waals surface area (Å²) in [7, 11) is 5.22. The van der Waals surface area contributed by atoms with Crippen LogP contribution in [0.25, 0.3) is 5.95 Å². The number of carbonyl (C=O) groups excluding carboxylic acids is 1. The Morgan fingerprint density at radius 3 is 2.74 bits per heavy atom. The van der Waals surface area contributed by atoms with Gasteiger partial charge in [-0.15, -0.1) is 0 Å². The number of piperazine rings is 1. The summed E-state index contributed by atoms with van der Waals surface area (Å²) in [6.45, 7) is 2.51. The molecule has 10 nitrogen and oxygen atoms in total. The number of hydrogen-bond donors (Lipinski definition) is 1. The average molecular weight is 486 g/mol. The zero-order chi connectivity index (χ0) is 24.1. The van der Waals surface area contributed by atoms with Crippen LogP contribution in [0.3, 0.4) is 0 Å². The molecule has 1 aliphatic rings. The molecule has 1 aliphatic heterocycles. The van der Waals surface area contributed by atoms with Crippen molar-refractivity contribution in [3.8, 4) is 17.4 Å². The highest BCUT2D eigenvalue weighted by Gasteiger charge is 2.32. The first-order valence-electron chi connectivity index (χ1n) is 10.9. The van der Waals surface area contributed by atoms with Crippen LogP contribution in [-0.2, 0) is 11.2 Å². The van der Waals surface area contributed by atoms with Gasteiger partial charge in [0, 0.05) is 44.6 Å². The van der Waals surface area contributed by atoms with E-state index in [0.29, 0.717) is 54.5 Å². The third-order valence-corrected chi connectivity index (χ3v) is 5.94. The van der Waals surface area contributed by atoms with E-state index >= 15 is 0 Å². The summed E-state index contributed by atoms with van der Waals surface area (Å²) >= 11 is 6.30. The molecule has 0 bridgehead atoms. The van der Waals surface area contributed by atoms with Crippen molar-refractivity contribution in [2.75, 3.05) is 52.3 Å². The number of rotatable bonds is 8. The first-order valence-corrected chi connectivity index (χ1v) is 11.3. The molecule has 34 heavy (non-hydrogen) atoms. The van der Waals surface area contributed by atoms with Crippen LogP contribution < -0.4 is 19.7 Å². The van der Waals surface area contributed by atoms with Gasteiger partial charge in [-0.05, 0) is 31.2 Å². The second-order valence-electron chi connectivity index (χ2n) is 8.02. The number of benzene rings is 1. The van der Waals surface area contributed by atoms with Gasteiger partial charge in [0.15, 0.2) is 11.5 Å². The highest BCUT2D eigenvalue weighted by atomic mass is 35.5. The fourth-order valence-corrected chi connectivity index (χ4v) is 4.11. The van der Waals surface area contributed by atoms with Crippen LogP contribution in [0.4, 0.5) is 5.82 Å². The second kappa shape index (κ2) is 10.7. The van der Waals surface area contributed by atoms with Crippen molar-refractivity contribution < 1.29 is 14.3 Å². The van der Waals surface area contributed by atoms with E-state index in [0.717, 1.165) is 12.1 Å². The number of nitrogens with one attached hydrogen (secondary N) is 1. The number of methoxy groups -OCH3 is 2. The number of nitrogens with zero attached hydrogens (tertiary/aromatic N) is 6. The Balaban J connectivity index is 1.46. The number of halogens is 1. The molecular formula is C23H28ClN7O3. The second-order valence-corrected chi connectivity index (χ2v) is 8.41. The largest absolute Gasteiger partial charge is 0.493 e. The van der Waals surface area contributed by atoms with Crippen molar-refractivity contribution in [1.29, 1.82) is 0 Å². The number of imidazole rings is 1. The number of anilines is 1. The van der Waals surface area contributed by atoms with Gasteiger partial charge in [-0.25, -0.2) is 9.97 Å². The lowest BCUT2D eigenvalue weighted by Gasteiger charge is -2.39. The Morgan fingerprint density at radius 2 is 2.00 bits per heavy atom. The first-order chi connectivity index (χ1) is 16.5. The number of amides is 1. The van der Waals surface area contributed by atoms with Crippen molar-refractivity contribution in [2.45, 2.75) is 12.5 Å². The molecule has 0 radical (unpaired) electrons. The summed E-state index contributed by atoms with van der Waals surface area (Å²) in [5.74, 6) is 2.30. The highest BCUT2D eigenvalue weighted by Crippen LogP contribution is 2.27. The molecule has 0 saturated carbocycles. The summed E-state index contributed by atoms with van der Waals surface area (Å²) in [6.07, 6.45) is 5.67. The average Bonchev–Trinajstić information content (AvgIpc) is 3.38. The van der Waals surface area contributed by atoms with Crippen LogP contribution >= 0.6 is 11.6 Å². The van der Waals surface area contributed by atoms with E-state index in [1.807, 2.05) is 30.1 Å². The molecule has 1 amide bonds. The van der Waals surface area contributed by atoms with Gasteiger partial charge in [0.05, 0.1) is 14.2 Å². The number of ether oxygens (including phenoxy) is 2. The van der Waals surface area contributed by atoms with Crippen LogP contribution in [0.5, 0.6) is 11.5 Å². The molecule has 0 aliphatic carbocycles. The van der Waals surface area contributed by atoms with Gasteiger partial charge in [0.1, 0.15) is 23.3 Å². The predicted molar refractivity (Wildman–Crippen MR) is 129 cm³/mol. The molecule has 1 fully saturated rings. The predicted octanol–water partition coefficient (Wildman–Crippen LogP) is 1.81. The van der Waals surface area contributed by atoms with Crippen LogP contribution in [0.1, 0.15) is 5.56 Å². The highest BCUT2D eigenvalue weighted by molar-refractivity contribution is 6.29. The summed E-state index contributed by atoms with van der Waals surface area (Å²) in [4.78, 5) is 30.3. The smallest absolute Gasteiger partial charge is 0.244 e. The van der Waals surface area contributed by atoms with Crippen molar-refractivity contribution in [1.82, 2.24) is 29.7 Å². The number of aromatic nitrogens is 4. The molecule has 2 aromatic heterocycles. The molecule has 1 N–H and O–H groups in total. The molecule has 1 unspecified atom stereocenters. The van der Waals surface area contributed by atoms with E-state index in [9.17, 15) is 4.79 Å². The molecule has 3 heterocycles. The summed E-state index contributed by atoms with van der Waals surface area (Å²) in [5.41, 5.74) is 1.04. The van der Waals surface area contributed by atoms with Crippen molar-refractivity contribution in [3.63, 3.8) is 0 Å². The summed E-state index contributed by atoms with van der Waals surface area (Å²) in [6, 6.07) is 7.04. The standard InChI is InChI=1S/C23H28ClN7O3/c1-29-10-11-31(21-13-20(24)27-23(28-21)30-9-8-25-15-30)17(14-29)22(32)26-7-6-16-4-5-18(33-2)19(12-16)34-3/h4-5,8-9,12-13,15,17H,6-7,10-11,14H2,1-3H3,(H,26,32). The molecule has 0 spiro atoms. The lowest BCUT2D eigenvalue weighted by atomic mass is 10.1. The van der Waals surface area contributed by atoms with Crippen LogP contribution in [0, 0.1) is 0 Å². The number of hydrogen-bond acceptors (Lipinski definition) is 8. The van der Waals surface area contributed by atoms with E-state index < -0.39 is 6.04 Å². The van der Waals surface area contributed by atoms with Gasteiger partial charge in [-0.3, -0.25) is 9.36 Å². The lowest BCUT2D eigenvalue weighted by molar-refractivity contribution is -0.123. The molecule has 1 aromatic carbocycles. The maximum atomic E-state index is 13.2. The monoisotopic (exact) mass is 485 g/mol. The molecule has 3 aromatic rings. The normalized spacial score (nSPS) is 16.4. The molecule has 11 heteroatoms. The Bertz CT molecular complexity index is 1130. The van der Waals surface area contributed by atoms with Crippen LogP contribution in [-0.4, -0.2) is 83.8 Å². The SMILES string of the molecule is COc1ccc(CCNC(=O)C2CN(C)CCN2c2cc(Cl)nc(-n3ccnc3)n2)cc1OC. The minimum Gasteiger partial charge on any atom is -0.493 e. The number of likely N-dealkylation sites (N-methyl/N-ethyl adjacent to an activating group) is 1. The van der Waals surface area contributed by atoms with Crippen LogP contribution in [0.2, 0.25) is 5.15 Å². The van der Waals surface area contributed by atoms with Gasteiger partial charge in [0.2, 0.25) is 11.9 Å². The molecule has 1 atom stereocenters. The third kappa shape index (κ3) is 5.40. The summed E-state index contributed by atoms with van der Waals surface area (Å²) < 4.78 is 12.3. The third-order valence-electron chi connectivity index (χ3n) is 5.75. The maximum absolute atomic E-state index is 13.2. The Kier molecular flexibility index (Phi) is 7.49. The number of carbonyl (C=O) groups is 1. The van der Waals surface area contributed by atoms with Crippen molar-refractivity contribution >= 4 is 23.3 Å². The first kappa shape index (κ1) is 23.8. The Labute approximate surface area is 203 Å². The summed E-state index contributed by atoms with van der Waals surface area (Å²) in [5, 5.41) is 3.38. The van der Waals surface area contributed by atoms with Crippen molar-refractivity contribution in [2.24, 2.45) is 0 Å². The molecule has 180 valence electrons. The molecule has 4 rings (SSSR count). The minimum absolute atomic E-state index is 0.0639.